The first kappa shape index (κ1) is 23.6. The molecule has 3 aromatic rings. The van der Waals surface area contributed by atoms with E-state index in [-0.39, 0.29) is 11.8 Å². The number of carbonyl (C=O) groups excluding carboxylic acids is 2. The second kappa shape index (κ2) is 8.50. The van der Waals surface area contributed by atoms with Crippen LogP contribution in [0.1, 0.15) is 42.5 Å². The van der Waals surface area contributed by atoms with E-state index in [2.05, 4.69) is 48.4 Å². The van der Waals surface area contributed by atoms with Gasteiger partial charge in [0.25, 0.3) is 5.91 Å². The minimum absolute atomic E-state index is 0.135. The Hall–Kier alpha value is -3.52. The van der Waals surface area contributed by atoms with Crippen LogP contribution in [0.3, 0.4) is 0 Å². The molecule has 0 radical (unpaired) electrons. The number of amidine groups is 1. The van der Waals surface area contributed by atoms with Crippen LogP contribution in [0.2, 0.25) is 0 Å². The number of hydrogen-bond acceptors (Lipinski definition) is 5. The molecule has 2 saturated carbocycles. The van der Waals surface area contributed by atoms with Crippen LogP contribution in [0.25, 0.3) is 22.0 Å². The fourth-order valence-electron chi connectivity index (χ4n) is 6.04. The molecular weight excluding hydrogens is 478 g/mol. The van der Waals surface area contributed by atoms with Crippen molar-refractivity contribution in [1.82, 2.24) is 19.6 Å². The number of rotatable bonds is 7. The minimum atomic E-state index is -0.545. The Balaban J connectivity index is 1.15. The molecule has 4 aliphatic rings. The van der Waals surface area contributed by atoms with Crippen molar-refractivity contribution in [1.29, 1.82) is 0 Å². The van der Waals surface area contributed by atoms with Crippen molar-refractivity contribution < 1.29 is 14.3 Å². The van der Waals surface area contributed by atoms with Gasteiger partial charge in [0.05, 0.1) is 17.8 Å². The fraction of sp³-hybridized carbons (Fsp3) is 0.467. The molecule has 2 aromatic carbocycles. The third kappa shape index (κ3) is 3.76. The average Bonchev–Trinajstić information content (AvgIpc) is 3.80. The number of methoxy groups -OCH3 is 1. The molecule has 8 nitrogen and oxygen atoms in total. The minimum Gasteiger partial charge on any atom is -0.378 e. The maximum Gasteiger partial charge on any atom is 0.256 e. The van der Waals surface area contributed by atoms with E-state index in [1.165, 1.54) is 0 Å². The van der Waals surface area contributed by atoms with E-state index in [9.17, 15) is 9.59 Å². The van der Waals surface area contributed by atoms with E-state index >= 15 is 0 Å². The topological polar surface area (TPSA) is 80.0 Å². The standard InChI is InChI=1S/C30H33N5O3/c1-18-12-21(22-7-9-26-24(13-22)25(17-38-3)32-33(26)2)6-8-23(18)27-31-30(10-11-30)29(37)35(27)16-19-14-34(15-19)28(36)20-4-5-20/h6-9,12-13,19-20H,4-5,10-11,14-17H2,1-3H3. The Labute approximate surface area is 222 Å². The second-order valence-electron chi connectivity index (χ2n) is 11.5. The molecule has 2 aliphatic heterocycles. The number of amides is 2. The van der Waals surface area contributed by atoms with Gasteiger partial charge in [-0.2, -0.15) is 5.10 Å². The van der Waals surface area contributed by atoms with Crippen LogP contribution in [-0.2, 0) is 28.0 Å². The van der Waals surface area contributed by atoms with Gasteiger partial charge in [0.2, 0.25) is 5.91 Å². The summed E-state index contributed by atoms with van der Waals surface area (Å²) >= 11 is 0. The van der Waals surface area contributed by atoms with Crippen LogP contribution >= 0.6 is 0 Å². The average molecular weight is 512 g/mol. The van der Waals surface area contributed by atoms with Crippen molar-refractivity contribution in [2.24, 2.45) is 23.9 Å². The van der Waals surface area contributed by atoms with Crippen LogP contribution < -0.4 is 0 Å². The molecule has 3 fully saturated rings. The number of fused-ring (bicyclic) bond motifs is 1. The molecule has 1 aromatic heterocycles. The van der Waals surface area contributed by atoms with E-state index < -0.39 is 5.54 Å². The molecule has 2 amide bonds. The van der Waals surface area contributed by atoms with Crippen molar-refractivity contribution in [2.45, 2.75) is 44.8 Å². The highest BCUT2D eigenvalue weighted by molar-refractivity contribution is 6.17. The zero-order valence-corrected chi connectivity index (χ0v) is 22.2. The summed E-state index contributed by atoms with van der Waals surface area (Å²) in [4.78, 5) is 34.6. The Morgan fingerprint density at radius 1 is 1.11 bits per heavy atom. The lowest BCUT2D eigenvalue weighted by Crippen LogP contribution is -2.55. The van der Waals surface area contributed by atoms with Crippen LogP contribution in [0.5, 0.6) is 0 Å². The van der Waals surface area contributed by atoms with Gasteiger partial charge in [0.15, 0.2) is 0 Å². The van der Waals surface area contributed by atoms with E-state index in [4.69, 9.17) is 9.73 Å². The molecule has 0 unspecified atom stereocenters. The maximum absolute atomic E-state index is 13.4. The summed E-state index contributed by atoms with van der Waals surface area (Å²) in [7, 11) is 3.64. The quantitative estimate of drug-likeness (QED) is 0.485. The highest BCUT2D eigenvalue weighted by atomic mass is 16.5. The summed E-state index contributed by atoms with van der Waals surface area (Å²) in [5.41, 5.74) is 5.80. The van der Waals surface area contributed by atoms with Gasteiger partial charge in [0, 0.05) is 56.6 Å². The molecule has 0 N–H and O–H groups in total. The highest BCUT2D eigenvalue weighted by Crippen LogP contribution is 2.46. The Morgan fingerprint density at radius 3 is 2.53 bits per heavy atom. The number of hydrogen-bond donors (Lipinski definition) is 0. The van der Waals surface area contributed by atoms with Crippen molar-refractivity contribution in [3.63, 3.8) is 0 Å². The number of nitrogens with zero attached hydrogens (tertiary/aromatic N) is 5. The van der Waals surface area contributed by atoms with E-state index in [0.717, 1.165) is 83.5 Å². The van der Waals surface area contributed by atoms with Crippen LogP contribution in [-0.4, -0.2) is 69.5 Å². The normalized spacial score (nSPS) is 20.4. The zero-order valence-electron chi connectivity index (χ0n) is 22.2. The Bertz CT molecular complexity index is 1510. The van der Waals surface area contributed by atoms with Crippen LogP contribution in [0.15, 0.2) is 41.4 Å². The van der Waals surface area contributed by atoms with Crippen molar-refractivity contribution in [3.8, 4) is 11.1 Å². The molecule has 38 heavy (non-hydrogen) atoms. The highest BCUT2D eigenvalue weighted by Gasteiger charge is 2.58. The maximum atomic E-state index is 13.4. The van der Waals surface area contributed by atoms with Gasteiger partial charge < -0.3 is 9.64 Å². The lowest BCUT2D eigenvalue weighted by atomic mass is 9.96. The van der Waals surface area contributed by atoms with E-state index in [1.807, 2.05) is 21.5 Å². The third-order valence-corrected chi connectivity index (χ3v) is 8.59. The van der Waals surface area contributed by atoms with Gasteiger partial charge in [-0.25, -0.2) is 0 Å². The van der Waals surface area contributed by atoms with Gasteiger partial charge in [0.1, 0.15) is 11.4 Å². The summed E-state index contributed by atoms with van der Waals surface area (Å²) in [6, 6.07) is 12.8. The zero-order chi connectivity index (χ0) is 26.2. The summed E-state index contributed by atoms with van der Waals surface area (Å²) in [6.07, 6.45) is 3.72. The lowest BCUT2D eigenvalue weighted by molar-refractivity contribution is -0.139. The molecule has 7 rings (SSSR count). The number of carbonyl (C=O) groups is 2. The van der Waals surface area contributed by atoms with Crippen molar-refractivity contribution >= 4 is 28.6 Å². The molecule has 2 aliphatic carbocycles. The number of aryl methyl sites for hydroxylation is 2. The second-order valence-corrected chi connectivity index (χ2v) is 11.5. The lowest BCUT2D eigenvalue weighted by Gasteiger charge is -2.41. The smallest absolute Gasteiger partial charge is 0.256 e. The van der Waals surface area contributed by atoms with Crippen molar-refractivity contribution in [2.75, 3.05) is 26.7 Å². The third-order valence-electron chi connectivity index (χ3n) is 8.59. The fourth-order valence-corrected chi connectivity index (χ4v) is 6.04. The monoisotopic (exact) mass is 511 g/mol. The van der Waals surface area contributed by atoms with Crippen LogP contribution in [0.4, 0.5) is 0 Å². The predicted octanol–water partition coefficient (Wildman–Crippen LogP) is 3.68. The summed E-state index contributed by atoms with van der Waals surface area (Å²) < 4.78 is 7.25. The molecule has 196 valence electrons. The van der Waals surface area contributed by atoms with Gasteiger partial charge in [-0.1, -0.05) is 24.3 Å². The molecule has 1 spiro atoms. The van der Waals surface area contributed by atoms with E-state index in [1.54, 1.807) is 7.11 Å². The predicted molar refractivity (Wildman–Crippen MR) is 145 cm³/mol. The van der Waals surface area contributed by atoms with Gasteiger partial charge in [-0.15, -0.1) is 0 Å². The molecule has 8 heteroatoms. The SMILES string of the molecule is COCc1nn(C)c2ccc(-c3ccc(C4=NC5(CC5)C(=O)N4CC4CN(C(=O)C5CC5)C4)c(C)c3)cc12. The summed E-state index contributed by atoms with van der Waals surface area (Å²) in [5.74, 6) is 1.80. The molecule has 0 atom stereocenters. The first-order valence-electron chi connectivity index (χ1n) is 13.6. The Kier molecular flexibility index (Phi) is 5.27. The first-order valence-corrected chi connectivity index (χ1v) is 13.6. The summed E-state index contributed by atoms with van der Waals surface area (Å²) in [5, 5.41) is 5.70. The van der Waals surface area contributed by atoms with Gasteiger partial charge in [-0.3, -0.25) is 24.2 Å². The van der Waals surface area contributed by atoms with Crippen molar-refractivity contribution in [3.05, 3.63) is 53.2 Å². The molecular formula is C30H33N5O3. The molecule has 0 bridgehead atoms. The van der Waals surface area contributed by atoms with Crippen LogP contribution in [0, 0.1) is 18.8 Å². The van der Waals surface area contributed by atoms with Gasteiger partial charge in [-0.05, 0) is 61.4 Å². The number of likely N-dealkylation sites (tertiary alicyclic amines) is 1. The number of benzene rings is 2. The summed E-state index contributed by atoms with van der Waals surface area (Å²) in [6.45, 7) is 4.70. The molecule has 3 heterocycles. The first-order chi connectivity index (χ1) is 18.4. The number of aliphatic imine (C=N–C) groups is 1. The largest absolute Gasteiger partial charge is 0.378 e. The van der Waals surface area contributed by atoms with E-state index in [0.29, 0.717) is 25.0 Å². The molecule has 1 saturated heterocycles. The number of aromatic nitrogens is 2. The van der Waals surface area contributed by atoms with Gasteiger partial charge >= 0.3 is 0 Å². The number of ether oxygens (including phenoxy) is 1. The Morgan fingerprint density at radius 2 is 1.84 bits per heavy atom.